The summed E-state index contributed by atoms with van der Waals surface area (Å²) in [7, 11) is 0. The topological polar surface area (TPSA) is 12.0 Å². The molecule has 0 saturated carbocycles. The molecular formula is C6H9N. The van der Waals surface area contributed by atoms with Crippen molar-refractivity contribution in [2.24, 2.45) is 0 Å². The van der Waals surface area contributed by atoms with E-state index in [9.17, 15) is 0 Å². The lowest BCUT2D eigenvalue weighted by molar-refractivity contribution is 0.860. The van der Waals surface area contributed by atoms with Crippen LogP contribution in [0.2, 0.25) is 0 Å². The van der Waals surface area contributed by atoms with Crippen LogP contribution in [0.15, 0.2) is 24.4 Å². The number of nitrogens with one attached hydrogen (secondary N) is 1. The number of allylic oxidation sites excluding steroid dienone is 2. The molecule has 0 fully saturated rings. The largest absolute Gasteiger partial charge is 0.391 e. The zero-order valence-electron chi connectivity index (χ0n) is 4.22. The second-order valence-corrected chi connectivity index (χ2v) is 1.53. The van der Waals surface area contributed by atoms with Crippen LogP contribution < -0.4 is 5.32 Å². The quantitative estimate of drug-likeness (QED) is 0.474. The van der Waals surface area contributed by atoms with E-state index in [1.165, 1.54) is 0 Å². The Morgan fingerprint density at radius 3 is 3.29 bits per heavy atom. The second-order valence-electron chi connectivity index (χ2n) is 1.53. The highest BCUT2D eigenvalue weighted by molar-refractivity contribution is 5.03. The molecule has 7 heavy (non-hydrogen) atoms. The fourth-order valence-corrected chi connectivity index (χ4v) is 0.548. The molecule has 0 radical (unpaired) electrons. The van der Waals surface area contributed by atoms with E-state index in [4.69, 9.17) is 0 Å². The van der Waals surface area contributed by atoms with Gasteiger partial charge in [-0.05, 0) is 18.7 Å². The lowest BCUT2D eigenvalue weighted by Gasteiger charge is -1.89. The third kappa shape index (κ3) is 1.44. The summed E-state index contributed by atoms with van der Waals surface area (Å²) in [6.07, 6.45) is 9.32. The van der Waals surface area contributed by atoms with Gasteiger partial charge in [0.25, 0.3) is 0 Å². The average Bonchev–Trinajstić information content (AvgIpc) is 1.90. The normalized spacial score (nSPS) is 18.3. The third-order valence-electron chi connectivity index (χ3n) is 0.917. The lowest BCUT2D eigenvalue weighted by atomic mass is 10.4. The van der Waals surface area contributed by atoms with E-state index < -0.39 is 0 Å². The fourth-order valence-electron chi connectivity index (χ4n) is 0.548. The molecule has 0 aliphatic carbocycles. The van der Waals surface area contributed by atoms with E-state index in [1.807, 2.05) is 12.3 Å². The van der Waals surface area contributed by atoms with Crippen LogP contribution in [0.4, 0.5) is 0 Å². The van der Waals surface area contributed by atoms with Crippen molar-refractivity contribution in [3.8, 4) is 0 Å². The van der Waals surface area contributed by atoms with Gasteiger partial charge in [0.2, 0.25) is 0 Å². The molecule has 38 valence electrons. The van der Waals surface area contributed by atoms with Crippen LogP contribution in [0.25, 0.3) is 0 Å². The maximum atomic E-state index is 3.10. The summed E-state index contributed by atoms with van der Waals surface area (Å²) in [6, 6.07) is 0. The van der Waals surface area contributed by atoms with Gasteiger partial charge in [-0.15, -0.1) is 0 Å². The molecule has 0 aromatic rings. The molecule has 0 aromatic carbocycles. The van der Waals surface area contributed by atoms with Gasteiger partial charge in [-0.1, -0.05) is 12.2 Å². The maximum absolute atomic E-state index is 3.10. The van der Waals surface area contributed by atoms with Gasteiger partial charge in [-0.25, -0.2) is 0 Å². The van der Waals surface area contributed by atoms with Gasteiger partial charge < -0.3 is 5.32 Å². The third-order valence-corrected chi connectivity index (χ3v) is 0.917. The van der Waals surface area contributed by atoms with Crippen molar-refractivity contribution in [2.75, 3.05) is 6.54 Å². The van der Waals surface area contributed by atoms with Crippen molar-refractivity contribution in [2.45, 2.75) is 6.42 Å². The molecule has 0 saturated heterocycles. The van der Waals surface area contributed by atoms with E-state index in [2.05, 4.69) is 17.5 Å². The average molecular weight is 95.1 g/mol. The first-order valence-corrected chi connectivity index (χ1v) is 2.55. The molecule has 1 nitrogen and oxygen atoms in total. The molecule has 1 N–H and O–H groups in total. The van der Waals surface area contributed by atoms with Crippen LogP contribution in [0.3, 0.4) is 0 Å². The minimum absolute atomic E-state index is 1.08. The Morgan fingerprint density at radius 2 is 2.29 bits per heavy atom. The molecule has 1 heteroatoms. The highest BCUT2D eigenvalue weighted by atomic mass is 14.8. The summed E-state index contributed by atoms with van der Waals surface area (Å²) in [4.78, 5) is 0. The fraction of sp³-hybridized carbons (Fsp3) is 0.333. The number of hydrogen-bond acceptors (Lipinski definition) is 1. The van der Waals surface area contributed by atoms with Crippen molar-refractivity contribution < 1.29 is 0 Å². The smallest absolute Gasteiger partial charge is 0.0176 e. The highest BCUT2D eigenvalue weighted by Gasteiger charge is 1.78. The molecule has 0 bridgehead atoms. The maximum Gasteiger partial charge on any atom is 0.0176 e. The SMILES string of the molecule is C1=CCCNC=C1. The zero-order valence-corrected chi connectivity index (χ0v) is 4.22. The molecule has 1 rings (SSSR count). The molecule has 0 unspecified atom stereocenters. The molecule has 0 amide bonds. The molecule has 0 spiro atoms. The second kappa shape index (κ2) is 2.45. The molecule has 1 aliphatic heterocycles. The van der Waals surface area contributed by atoms with Gasteiger partial charge in [0.05, 0.1) is 0 Å². The first-order valence-electron chi connectivity index (χ1n) is 2.55. The van der Waals surface area contributed by atoms with Gasteiger partial charge in [-0.2, -0.15) is 0 Å². The summed E-state index contributed by atoms with van der Waals surface area (Å²) >= 11 is 0. The molecular weight excluding hydrogens is 86.1 g/mol. The Labute approximate surface area is 43.7 Å². The number of hydrogen-bond donors (Lipinski definition) is 1. The Bertz CT molecular complexity index is 80.4. The van der Waals surface area contributed by atoms with Crippen LogP contribution in [0, 0.1) is 0 Å². The Morgan fingerprint density at radius 1 is 1.29 bits per heavy atom. The van der Waals surface area contributed by atoms with Gasteiger partial charge in [-0.3, -0.25) is 0 Å². The first-order chi connectivity index (χ1) is 3.50. The van der Waals surface area contributed by atoms with Crippen LogP contribution in [-0.2, 0) is 0 Å². The highest BCUT2D eigenvalue weighted by Crippen LogP contribution is 1.85. The Hall–Kier alpha value is -0.720. The summed E-state index contributed by atoms with van der Waals surface area (Å²) in [6.45, 7) is 1.08. The van der Waals surface area contributed by atoms with Gasteiger partial charge in [0, 0.05) is 6.54 Å². The van der Waals surface area contributed by atoms with Crippen molar-refractivity contribution in [3.63, 3.8) is 0 Å². The minimum atomic E-state index is 1.08. The van der Waals surface area contributed by atoms with E-state index in [0.717, 1.165) is 13.0 Å². The zero-order chi connectivity index (χ0) is 4.95. The molecule has 0 atom stereocenters. The Balaban J connectivity index is 2.39. The van der Waals surface area contributed by atoms with Crippen LogP contribution in [0.5, 0.6) is 0 Å². The van der Waals surface area contributed by atoms with Crippen molar-refractivity contribution in [1.82, 2.24) is 5.32 Å². The minimum Gasteiger partial charge on any atom is -0.391 e. The van der Waals surface area contributed by atoms with E-state index in [0.29, 0.717) is 0 Å². The lowest BCUT2D eigenvalue weighted by Crippen LogP contribution is -2.03. The van der Waals surface area contributed by atoms with Crippen molar-refractivity contribution in [3.05, 3.63) is 24.4 Å². The molecule has 1 heterocycles. The van der Waals surface area contributed by atoms with Crippen LogP contribution in [-0.4, -0.2) is 6.54 Å². The molecule has 0 aromatic heterocycles. The first kappa shape index (κ1) is 4.44. The van der Waals surface area contributed by atoms with Crippen LogP contribution in [0.1, 0.15) is 6.42 Å². The summed E-state index contributed by atoms with van der Waals surface area (Å²) in [5.74, 6) is 0. The predicted octanol–water partition coefficient (Wildman–Crippen LogP) is 1.05. The standard InChI is InChI=1S/C6H9N/c1-2-4-6-7-5-3-1/h1-3,5,7H,4,6H2. The van der Waals surface area contributed by atoms with Crippen LogP contribution >= 0.6 is 0 Å². The van der Waals surface area contributed by atoms with Gasteiger partial charge in [0.1, 0.15) is 0 Å². The van der Waals surface area contributed by atoms with Crippen molar-refractivity contribution >= 4 is 0 Å². The van der Waals surface area contributed by atoms with Crippen molar-refractivity contribution in [1.29, 1.82) is 0 Å². The summed E-state index contributed by atoms with van der Waals surface area (Å²) in [5.41, 5.74) is 0. The van der Waals surface area contributed by atoms with E-state index in [1.54, 1.807) is 0 Å². The van der Waals surface area contributed by atoms with E-state index >= 15 is 0 Å². The Kier molecular flexibility index (Phi) is 1.56. The summed E-state index contributed by atoms with van der Waals surface area (Å²) in [5, 5.41) is 3.10. The van der Waals surface area contributed by atoms with Gasteiger partial charge >= 0.3 is 0 Å². The molecule has 1 aliphatic rings. The van der Waals surface area contributed by atoms with E-state index in [-0.39, 0.29) is 0 Å². The van der Waals surface area contributed by atoms with Gasteiger partial charge in [0.15, 0.2) is 0 Å². The monoisotopic (exact) mass is 95.1 g/mol. The number of rotatable bonds is 0. The summed E-state index contributed by atoms with van der Waals surface area (Å²) < 4.78 is 0. The predicted molar refractivity (Wildman–Crippen MR) is 30.9 cm³/mol.